The van der Waals surface area contributed by atoms with Gasteiger partial charge in [-0.3, -0.25) is 0 Å². The molecule has 0 saturated carbocycles. The van der Waals surface area contributed by atoms with Gasteiger partial charge in [-0.2, -0.15) is 0 Å². The molecule has 0 amide bonds. The second-order valence-corrected chi connectivity index (χ2v) is 13.0. The summed E-state index contributed by atoms with van der Waals surface area (Å²) < 4.78 is 6.64. The van der Waals surface area contributed by atoms with Crippen molar-refractivity contribution in [3.63, 3.8) is 0 Å². The summed E-state index contributed by atoms with van der Waals surface area (Å²) in [5, 5.41) is 6.79. The Hall–Kier alpha value is -6.84. The first-order valence-corrected chi connectivity index (χ1v) is 17.2. The number of hydrogen-bond donors (Lipinski definition) is 0. The van der Waals surface area contributed by atoms with Gasteiger partial charge in [0.25, 0.3) is 0 Å². The first-order chi connectivity index (χ1) is 25.3. The Balaban J connectivity index is 1.18. The molecule has 0 fully saturated rings. The molecule has 0 aliphatic carbocycles. The number of benzene rings is 8. The van der Waals surface area contributed by atoms with Gasteiger partial charge in [0.05, 0.1) is 11.4 Å². The molecule has 3 nitrogen and oxygen atoms in total. The van der Waals surface area contributed by atoms with E-state index in [1.165, 1.54) is 21.9 Å². The fourth-order valence-corrected chi connectivity index (χ4v) is 7.37. The Morgan fingerprint density at radius 2 is 1.00 bits per heavy atom. The van der Waals surface area contributed by atoms with Crippen LogP contribution in [0.5, 0.6) is 0 Å². The van der Waals surface area contributed by atoms with Crippen LogP contribution in [-0.4, -0.2) is 9.97 Å². The van der Waals surface area contributed by atoms with Gasteiger partial charge in [-0.1, -0.05) is 158 Å². The molecule has 2 aromatic heterocycles. The van der Waals surface area contributed by atoms with E-state index in [0.717, 1.165) is 71.9 Å². The minimum absolute atomic E-state index is 0.688. The maximum atomic E-state index is 6.64. The second kappa shape index (κ2) is 11.9. The number of aromatic nitrogens is 2. The number of furan rings is 1. The van der Waals surface area contributed by atoms with Crippen molar-refractivity contribution in [1.82, 2.24) is 9.97 Å². The van der Waals surface area contributed by atoms with Crippen molar-refractivity contribution in [2.75, 3.05) is 0 Å². The van der Waals surface area contributed by atoms with Crippen molar-refractivity contribution < 1.29 is 4.42 Å². The predicted octanol–water partition coefficient (Wildman–Crippen LogP) is 13.0. The highest BCUT2D eigenvalue weighted by Crippen LogP contribution is 2.43. The molecule has 2 heterocycles. The van der Waals surface area contributed by atoms with Gasteiger partial charge in [-0.05, 0) is 62.7 Å². The van der Waals surface area contributed by atoms with Crippen LogP contribution in [0, 0.1) is 0 Å². The molecular weight excluding hydrogens is 621 g/mol. The largest absolute Gasteiger partial charge is 0.455 e. The molecule has 0 aliphatic rings. The van der Waals surface area contributed by atoms with Gasteiger partial charge in [0.15, 0.2) is 5.82 Å². The van der Waals surface area contributed by atoms with Gasteiger partial charge in [0.2, 0.25) is 0 Å². The Morgan fingerprint density at radius 1 is 0.353 bits per heavy atom. The van der Waals surface area contributed by atoms with Crippen molar-refractivity contribution in [1.29, 1.82) is 0 Å². The highest BCUT2D eigenvalue weighted by molar-refractivity contribution is 6.22. The van der Waals surface area contributed by atoms with E-state index in [9.17, 15) is 0 Å². The highest BCUT2D eigenvalue weighted by atomic mass is 16.3. The van der Waals surface area contributed by atoms with Crippen molar-refractivity contribution in [3.05, 3.63) is 182 Å². The van der Waals surface area contributed by atoms with Gasteiger partial charge in [0, 0.05) is 32.8 Å². The number of hydrogen-bond acceptors (Lipinski definition) is 3. The third-order valence-corrected chi connectivity index (χ3v) is 9.89. The molecule has 0 atom stereocenters. The SMILES string of the molecule is c1ccc(-c2nc(-c3ccc(-c4ccc5ccccc5c4)cc3)cc(-c3cc4c(oc5cccc(-c6ccccc6)c54)c4ccccc34)n2)cc1. The average molecular weight is 651 g/mol. The van der Waals surface area contributed by atoms with Gasteiger partial charge in [-0.15, -0.1) is 0 Å². The van der Waals surface area contributed by atoms with Crippen LogP contribution >= 0.6 is 0 Å². The van der Waals surface area contributed by atoms with Gasteiger partial charge >= 0.3 is 0 Å². The molecular formula is C48H30N2O. The van der Waals surface area contributed by atoms with E-state index in [1.807, 2.05) is 18.2 Å². The Kier molecular flexibility index (Phi) is 6.81. The van der Waals surface area contributed by atoms with Crippen LogP contribution in [0.1, 0.15) is 0 Å². The quantitative estimate of drug-likeness (QED) is 0.186. The lowest BCUT2D eigenvalue weighted by Crippen LogP contribution is -1.96. The monoisotopic (exact) mass is 650 g/mol. The summed E-state index contributed by atoms with van der Waals surface area (Å²) in [6.07, 6.45) is 0. The minimum Gasteiger partial charge on any atom is -0.455 e. The third kappa shape index (κ3) is 5.06. The van der Waals surface area contributed by atoms with Crippen LogP contribution in [0.4, 0.5) is 0 Å². The molecule has 0 aliphatic heterocycles. The maximum absolute atomic E-state index is 6.64. The number of fused-ring (bicyclic) bond motifs is 6. The smallest absolute Gasteiger partial charge is 0.160 e. The summed E-state index contributed by atoms with van der Waals surface area (Å²) in [6.45, 7) is 0. The number of rotatable bonds is 5. The zero-order valence-electron chi connectivity index (χ0n) is 27.6. The summed E-state index contributed by atoms with van der Waals surface area (Å²) in [6, 6.07) is 63.8. The molecule has 0 bridgehead atoms. The van der Waals surface area contributed by atoms with E-state index in [0.29, 0.717) is 5.82 Å². The maximum Gasteiger partial charge on any atom is 0.160 e. The van der Waals surface area contributed by atoms with Crippen LogP contribution in [0.2, 0.25) is 0 Å². The van der Waals surface area contributed by atoms with E-state index in [1.54, 1.807) is 0 Å². The highest BCUT2D eigenvalue weighted by Gasteiger charge is 2.19. The zero-order chi connectivity index (χ0) is 33.7. The van der Waals surface area contributed by atoms with Gasteiger partial charge in [0.1, 0.15) is 11.2 Å². The fraction of sp³-hybridized carbons (Fsp3) is 0. The van der Waals surface area contributed by atoms with E-state index in [4.69, 9.17) is 14.4 Å². The van der Waals surface area contributed by atoms with E-state index in [2.05, 4.69) is 164 Å². The molecule has 10 aromatic rings. The molecule has 0 saturated heterocycles. The van der Waals surface area contributed by atoms with Gasteiger partial charge < -0.3 is 4.42 Å². The molecule has 238 valence electrons. The van der Waals surface area contributed by atoms with Crippen molar-refractivity contribution in [2.24, 2.45) is 0 Å². The number of nitrogens with zero attached hydrogens (tertiary/aromatic N) is 2. The molecule has 10 rings (SSSR count). The molecule has 0 unspecified atom stereocenters. The minimum atomic E-state index is 0.688. The topological polar surface area (TPSA) is 38.9 Å². The normalized spacial score (nSPS) is 11.5. The predicted molar refractivity (Wildman–Crippen MR) is 212 cm³/mol. The Labute approximate surface area is 295 Å². The standard InChI is InChI=1S/C48H30N2O/c1-3-13-33(14-4-1)38-20-11-21-45-46(38)42-29-41(39-18-9-10-19-40(39)47(42)51-45)44-30-43(49-48(50-44)35-15-5-2-6-16-35)34-25-22-32(23-26-34)37-27-24-31-12-7-8-17-36(31)28-37/h1-30H. The molecule has 0 N–H and O–H groups in total. The van der Waals surface area contributed by atoms with Crippen LogP contribution < -0.4 is 0 Å². The molecule has 0 spiro atoms. The first kappa shape index (κ1) is 29.1. The summed E-state index contributed by atoms with van der Waals surface area (Å²) in [5.74, 6) is 0.688. The van der Waals surface area contributed by atoms with Crippen LogP contribution in [0.15, 0.2) is 186 Å². The lowest BCUT2D eigenvalue weighted by molar-refractivity contribution is 0.673. The van der Waals surface area contributed by atoms with Crippen LogP contribution in [0.25, 0.3) is 99.6 Å². The average Bonchev–Trinajstić information content (AvgIpc) is 3.60. The first-order valence-electron chi connectivity index (χ1n) is 17.2. The molecule has 3 heteroatoms. The lowest BCUT2D eigenvalue weighted by atomic mass is 9.94. The summed E-state index contributed by atoms with van der Waals surface area (Å²) in [7, 11) is 0. The Morgan fingerprint density at radius 3 is 1.80 bits per heavy atom. The van der Waals surface area contributed by atoms with Crippen molar-refractivity contribution >= 4 is 43.5 Å². The van der Waals surface area contributed by atoms with Crippen molar-refractivity contribution in [2.45, 2.75) is 0 Å². The molecule has 0 radical (unpaired) electrons. The van der Waals surface area contributed by atoms with Gasteiger partial charge in [-0.25, -0.2) is 9.97 Å². The second-order valence-electron chi connectivity index (χ2n) is 13.0. The molecule has 8 aromatic carbocycles. The third-order valence-electron chi connectivity index (χ3n) is 9.89. The van der Waals surface area contributed by atoms with E-state index < -0.39 is 0 Å². The lowest BCUT2D eigenvalue weighted by Gasteiger charge is -2.12. The van der Waals surface area contributed by atoms with E-state index >= 15 is 0 Å². The fourth-order valence-electron chi connectivity index (χ4n) is 7.37. The van der Waals surface area contributed by atoms with E-state index in [-0.39, 0.29) is 0 Å². The molecule has 51 heavy (non-hydrogen) atoms. The van der Waals surface area contributed by atoms with Crippen LogP contribution in [-0.2, 0) is 0 Å². The Bertz CT molecular complexity index is 2890. The summed E-state index contributed by atoms with van der Waals surface area (Å²) >= 11 is 0. The van der Waals surface area contributed by atoms with Crippen molar-refractivity contribution in [3.8, 4) is 56.2 Å². The summed E-state index contributed by atoms with van der Waals surface area (Å²) in [5.41, 5.74) is 11.2. The summed E-state index contributed by atoms with van der Waals surface area (Å²) in [4.78, 5) is 10.4. The zero-order valence-corrected chi connectivity index (χ0v) is 27.6. The van der Waals surface area contributed by atoms with Crippen LogP contribution in [0.3, 0.4) is 0 Å².